The van der Waals surface area contributed by atoms with Crippen molar-refractivity contribution in [2.24, 2.45) is 22.7 Å². The van der Waals surface area contributed by atoms with Gasteiger partial charge in [0.05, 0.1) is 12.0 Å². The smallest absolute Gasteiger partial charge is 0.331 e. The number of esters is 7. The lowest BCUT2D eigenvalue weighted by Gasteiger charge is -2.66. The third-order valence-corrected chi connectivity index (χ3v) is 12.1. The summed E-state index contributed by atoms with van der Waals surface area (Å²) in [6, 6.07) is 8.90. The summed E-state index contributed by atoms with van der Waals surface area (Å²) < 4.78 is 48.3. The lowest BCUT2D eigenvalue weighted by atomic mass is 9.43. The molecule has 16 heteroatoms. The van der Waals surface area contributed by atoms with Crippen LogP contribution < -0.4 is 0 Å². The standard InChI is InChI=1S/C41H50O16/c1-21-30(57-33(48)16-15-28-13-11-10-12-14-28)18-32(53-24(4)44)40(20-50-22(2)42)34(21)35(54-25(5)45)29-17-31(52-23(3)43)39(9)41(49,38(29,8)19-51-39)37(56-27(7)47)36(40)55-26(6)46/h10-16,29-32,34-37,49H,1,17-20H2,2-9H3/b16-15-/t29-,30-,31?,32?,34-,35+,36-,37-,38-,39+,40+,41-/m0/s1. The fourth-order valence-electron chi connectivity index (χ4n) is 9.82. The molecule has 1 heterocycles. The first-order valence-corrected chi connectivity index (χ1v) is 18.6. The zero-order valence-corrected chi connectivity index (χ0v) is 33.3. The van der Waals surface area contributed by atoms with Crippen LogP contribution in [-0.4, -0.2) is 108 Å². The fourth-order valence-corrected chi connectivity index (χ4v) is 9.82. The molecule has 1 saturated heterocycles. The fraction of sp³-hybridized carbons (Fsp3) is 0.585. The van der Waals surface area contributed by atoms with Crippen molar-refractivity contribution < 1.29 is 76.6 Å². The summed E-state index contributed by atoms with van der Waals surface area (Å²) in [6.45, 7) is 13.0. The van der Waals surface area contributed by atoms with Gasteiger partial charge in [-0.3, -0.25) is 28.8 Å². The Balaban J connectivity index is 1.87. The lowest BCUT2D eigenvalue weighted by Crippen LogP contribution is -2.82. The van der Waals surface area contributed by atoms with Gasteiger partial charge in [0.2, 0.25) is 0 Å². The van der Waals surface area contributed by atoms with Crippen molar-refractivity contribution in [3.8, 4) is 0 Å². The monoisotopic (exact) mass is 798 g/mol. The second-order valence-electron chi connectivity index (χ2n) is 15.6. The van der Waals surface area contributed by atoms with Crippen LogP contribution in [-0.2, 0) is 71.5 Å². The number of hydrogen-bond acceptors (Lipinski definition) is 16. The summed E-state index contributed by atoms with van der Waals surface area (Å²) in [4.78, 5) is 91.9. The number of fused-ring (bicyclic) bond motifs is 1. The van der Waals surface area contributed by atoms with Crippen molar-refractivity contribution in [2.45, 2.75) is 116 Å². The average Bonchev–Trinajstić information content (AvgIpc) is 3.24. The van der Waals surface area contributed by atoms with Gasteiger partial charge in [-0.25, -0.2) is 4.79 Å². The van der Waals surface area contributed by atoms with Crippen molar-refractivity contribution in [1.82, 2.24) is 0 Å². The highest BCUT2D eigenvalue weighted by Gasteiger charge is 2.84. The molecule has 5 rings (SSSR count). The van der Waals surface area contributed by atoms with Crippen LogP contribution in [0.3, 0.4) is 0 Å². The molecule has 1 aromatic rings. The number of benzene rings is 1. The number of aliphatic hydroxyl groups is 1. The Bertz CT molecular complexity index is 1840. The van der Waals surface area contributed by atoms with Crippen molar-refractivity contribution in [1.29, 1.82) is 0 Å². The maximum atomic E-state index is 13.6. The summed E-state index contributed by atoms with van der Waals surface area (Å²) in [7, 11) is 0. The van der Waals surface area contributed by atoms with Crippen LogP contribution in [0.25, 0.3) is 6.08 Å². The molecule has 3 saturated carbocycles. The Hall–Kier alpha value is -5.09. The van der Waals surface area contributed by atoms with E-state index < -0.39 is 119 Å². The molecule has 0 spiro atoms. The van der Waals surface area contributed by atoms with Crippen LogP contribution in [0.5, 0.6) is 0 Å². The SMILES string of the molecule is C=C1[C@@H](OC(=O)/C=C\c2ccccc2)CC(OC(C)=O)[C@@]2(COC(C)=O)[C@@H](OC(C)=O)[C@H](OC(C)=O)[C@]3(O)[C@@]4(C)CO[C@]3(C)C(OC(C)=O)C[C@H]4[C@@H](OC(C)=O)[C@H]12. The average molecular weight is 799 g/mol. The largest absolute Gasteiger partial charge is 0.465 e. The minimum absolute atomic E-state index is 0.0577. The van der Waals surface area contributed by atoms with Crippen molar-refractivity contribution >= 4 is 47.9 Å². The molecule has 1 aromatic carbocycles. The lowest BCUT2D eigenvalue weighted by molar-refractivity contribution is -0.324. The Morgan fingerprint density at radius 3 is 1.88 bits per heavy atom. The number of carbonyl (C=O) groups is 7. The molecule has 1 aliphatic heterocycles. The molecule has 310 valence electrons. The highest BCUT2D eigenvalue weighted by Crippen LogP contribution is 2.69. The van der Waals surface area contributed by atoms with Gasteiger partial charge in [0.25, 0.3) is 0 Å². The van der Waals surface area contributed by atoms with Crippen LogP contribution in [0.1, 0.15) is 73.8 Å². The van der Waals surface area contributed by atoms with E-state index in [1.807, 2.05) is 6.07 Å². The van der Waals surface area contributed by atoms with E-state index in [4.69, 9.17) is 37.9 Å². The maximum absolute atomic E-state index is 13.6. The summed E-state index contributed by atoms with van der Waals surface area (Å²) in [5.41, 5.74) is -7.25. The molecular weight excluding hydrogens is 748 g/mol. The highest BCUT2D eigenvalue weighted by molar-refractivity contribution is 5.87. The third-order valence-electron chi connectivity index (χ3n) is 12.1. The quantitative estimate of drug-likeness (QED) is 0.156. The molecule has 1 N–H and O–H groups in total. The predicted molar refractivity (Wildman–Crippen MR) is 195 cm³/mol. The molecule has 0 amide bonds. The Morgan fingerprint density at radius 1 is 0.754 bits per heavy atom. The molecule has 12 atom stereocenters. The number of carbonyl (C=O) groups excluding carboxylic acids is 7. The van der Waals surface area contributed by atoms with Gasteiger partial charge in [0, 0.05) is 71.3 Å². The molecule has 16 nitrogen and oxygen atoms in total. The molecule has 0 aromatic heterocycles. The summed E-state index contributed by atoms with van der Waals surface area (Å²) in [5.74, 6) is -8.53. The topological polar surface area (TPSA) is 214 Å². The van der Waals surface area contributed by atoms with Gasteiger partial charge in [-0.05, 0) is 30.6 Å². The maximum Gasteiger partial charge on any atom is 0.331 e. The summed E-state index contributed by atoms with van der Waals surface area (Å²) >= 11 is 0. The van der Waals surface area contributed by atoms with E-state index in [1.54, 1.807) is 31.2 Å². The van der Waals surface area contributed by atoms with Gasteiger partial charge in [0.15, 0.2) is 12.2 Å². The minimum Gasteiger partial charge on any atom is -0.465 e. The Labute approximate surface area is 330 Å². The van der Waals surface area contributed by atoms with Crippen molar-refractivity contribution in [3.05, 3.63) is 54.1 Å². The van der Waals surface area contributed by atoms with Crippen LogP contribution in [0.15, 0.2) is 48.6 Å². The molecule has 57 heavy (non-hydrogen) atoms. The van der Waals surface area contributed by atoms with Crippen LogP contribution in [0.2, 0.25) is 0 Å². The predicted octanol–water partition coefficient (Wildman–Crippen LogP) is 2.96. The molecule has 4 aliphatic rings. The van der Waals surface area contributed by atoms with E-state index in [1.165, 1.54) is 19.1 Å². The Morgan fingerprint density at radius 2 is 1.32 bits per heavy atom. The van der Waals surface area contributed by atoms with Gasteiger partial charge in [-0.15, -0.1) is 0 Å². The van der Waals surface area contributed by atoms with Crippen LogP contribution >= 0.6 is 0 Å². The molecule has 4 bridgehead atoms. The minimum atomic E-state index is -2.45. The van der Waals surface area contributed by atoms with E-state index in [-0.39, 0.29) is 25.0 Å². The first-order chi connectivity index (χ1) is 26.6. The summed E-state index contributed by atoms with van der Waals surface area (Å²) in [6.07, 6.45) is -7.22. The van der Waals surface area contributed by atoms with Crippen molar-refractivity contribution in [2.75, 3.05) is 13.2 Å². The van der Waals surface area contributed by atoms with Gasteiger partial charge in [0.1, 0.15) is 42.2 Å². The number of hydrogen-bond donors (Lipinski definition) is 1. The van der Waals surface area contributed by atoms with Crippen LogP contribution in [0, 0.1) is 22.7 Å². The zero-order chi connectivity index (χ0) is 42.2. The second kappa shape index (κ2) is 16.0. The van der Waals surface area contributed by atoms with E-state index in [9.17, 15) is 38.7 Å². The van der Waals surface area contributed by atoms with Crippen molar-refractivity contribution in [3.63, 3.8) is 0 Å². The molecule has 3 aliphatic carbocycles. The van der Waals surface area contributed by atoms with Gasteiger partial charge in [-0.2, -0.15) is 0 Å². The van der Waals surface area contributed by atoms with Crippen LogP contribution in [0.4, 0.5) is 0 Å². The first kappa shape index (κ1) is 43.0. The first-order valence-electron chi connectivity index (χ1n) is 18.6. The molecule has 4 fully saturated rings. The molecular formula is C41H50O16. The summed E-state index contributed by atoms with van der Waals surface area (Å²) in [5, 5.41) is 13.6. The molecule has 2 unspecified atom stereocenters. The van der Waals surface area contributed by atoms with E-state index in [2.05, 4.69) is 6.58 Å². The molecule has 0 radical (unpaired) electrons. The number of rotatable bonds is 10. The van der Waals surface area contributed by atoms with Gasteiger partial charge >= 0.3 is 41.8 Å². The second-order valence-corrected chi connectivity index (χ2v) is 15.6. The number of ether oxygens (including phenoxy) is 8. The van der Waals surface area contributed by atoms with E-state index >= 15 is 0 Å². The Kier molecular flexibility index (Phi) is 12.1. The highest BCUT2D eigenvalue weighted by atomic mass is 16.6. The third kappa shape index (κ3) is 7.56. The van der Waals surface area contributed by atoms with E-state index in [0.717, 1.165) is 41.5 Å². The zero-order valence-electron chi connectivity index (χ0n) is 33.3. The van der Waals surface area contributed by atoms with Gasteiger partial charge < -0.3 is 43.0 Å². The van der Waals surface area contributed by atoms with Gasteiger partial charge in [-0.1, -0.05) is 43.8 Å². The normalized spacial score (nSPS) is 36.7. The van der Waals surface area contributed by atoms with E-state index in [0.29, 0.717) is 5.56 Å².